The molecule has 0 radical (unpaired) electrons. The lowest BCUT2D eigenvalue weighted by atomic mass is 10.1. The maximum atomic E-state index is 10.5. The zero-order valence-electron chi connectivity index (χ0n) is 4.96. The summed E-state index contributed by atoms with van der Waals surface area (Å²) in [4.78, 5) is 31.0. The predicted octanol–water partition coefficient (Wildman–Crippen LogP) is -1.27. The average molecular weight is 143 g/mol. The molecule has 54 valence electrons. The molecule has 0 bridgehead atoms. The quantitative estimate of drug-likeness (QED) is 0.354. The lowest BCUT2D eigenvalue weighted by Gasteiger charge is -1.94. The van der Waals surface area contributed by atoms with Gasteiger partial charge in [0.2, 0.25) is 11.8 Å². The van der Waals surface area contributed by atoms with E-state index in [-0.39, 0.29) is 6.42 Å². The highest BCUT2D eigenvalue weighted by Gasteiger charge is 2.35. The van der Waals surface area contributed by atoms with Crippen molar-refractivity contribution in [2.75, 3.05) is 0 Å². The number of carbonyl (C=O) groups excluding carboxylic acids is 2. The molecule has 1 rings (SSSR count). The minimum atomic E-state index is -1.25. The van der Waals surface area contributed by atoms with Crippen LogP contribution in [0.1, 0.15) is 6.42 Å². The zero-order chi connectivity index (χ0) is 7.72. The van der Waals surface area contributed by atoms with Crippen LogP contribution < -0.4 is 5.32 Å². The van der Waals surface area contributed by atoms with E-state index >= 15 is 0 Å². The van der Waals surface area contributed by atoms with Gasteiger partial charge in [0.15, 0.2) is 0 Å². The van der Waals surface area contributed by atoms with Gasteiger partial charge in [-0.1, -0.05) is 0 Å². The van der Waals surface area contributed by atoms with Gasteiger partial charge in [0, 0.05) is 6.42 Å². The molecule has 1 fully saturated rings. The largest absolute Gasteiger partial charge is 0.481 e. The lowest BCUT2D eigenvalue weighted by molar-refractivity contribution is -0.145. The normalized spacial score (nSPS) is 24.6. The van der Waals surface area contributed by atoms with Crippen molar-refractivity contribution in [1.82, 2.24) is 5.32 Å². The third-order valence-corrected chi connectivity index (χ3v) is 1.27. The molecule has 1 heterocycles. The van der Waals surface area contributed by atoms with Gasteiger partial charge in [0.05, 0.1) is 0 Å². The van der Waals surface area contributed by atoms with Crippen molar-refractivity contribution >= 4 is 17.8 Å². The van der Waals surface area contributed by atoms with Gasteiger partial charge in [-0.05, 0) is 0 Å². The molecule has 1 aliphatic rings. The number of carbonyl (C=O) groups is 3. The van der Waals surface area contributed by atoms with Crippen LogP contribution >= 0.6 is 0 Å². The van der Waals surface area contributed by atoms with Crippen LogP contribution in [0, 0.1) is 5.92 Å². The van der Waals surface area contributed by atoms with Crippen molar-refractivity contribution in [3.8, 4) is 0 Å². The standard InChI is InChI=1S/C5H5NO4/c7-3-1-2(5(9)10)4(8)6-3/h2H,1H2,(H,9,10)(H,6,7,8). The molecule has 1 atom stereocenters. The van der Waals surface area contributed by atoms with Gasteiger partial charge in [-0.2, -0.15) is 0 Å². The maximum Gasteiger partial charge on any atom is 0.316 e. The molecule has 1 saturated heterocycles. The molecule has 5 heteroatoms. The van der Waals surface area contributed by atoms with Crippen molar-refractivity contribution in [2.24, 2.45) is 5.92 Å². The van der Waals surface area contributed by atoms with Crippen LogP contribution in [0.25, 0.3) is 0 Å². The van der Waals surface area contributed by atoms with Crippen LogP contribution in [0.3, 0.4) is 0 Å². The van der Waals surface area contributed by atoms with Gasteiger partial charge in [-0.3, -0.25) is 19.7 Å². The Morgan fingerprint density at radius 2 is 2.20 bits per heavy atom. The Morgan fingerprint density at radius 1 is 1.60 bits per heavy atom. The summed E-state index contributed by atoms with van der Waals surface area (Å²) in [6.45, 7) is 0. The minimum Gasteiger partial charge on any atom is -0.481 e. The van der Waals surface area contributed by atoms with Gasteiger partial charge in [-0.15, -0.1) is 0 Å². The van der Waals surface area contributed by atoms with E-state index in [9.17, 15) is 14.4 Å². The molecular weight excluding hydrogens is 138 g/mol. The fraction of sp³-hybridized carbons (Fsp3) is 0.400. The predicted molar refractivity (Wildman–Crippen MR) is 28.9 cm³/mol. The number of imide groups is 1. The number of hydrogen-bond acceptors (Lipinski definition) is 3. The number of amides is 2. The number of carboxylic acid groups (broad SMARTS) is 1. The third kappa shape index (κ3) is 0.975. The first kappa shape index (κ1) is 6.73. The summed E-state index contributed by atoms with van der Waals surface area (Å²) in [6.07, 6.45) is -0.228. The second-order valence-corrected chi connectivity index (χ2v) is 2.01. The fourth-order valence-electron chi connectivity index (χ4n) is 0.753. The zero-order valence-corrected chi connectivity index (χ0v) is 4.96. The van der Waals surface area contributed by atoms with E-state index < -0.39 is 23.7 Å². The number of nitrogens with one attached hydrogen (secondary N) is 1. The van der Waals surface area contributed by atoms with Crippen LogP contribution in [-0.4, -0.2) is 22.9 Å². The molecule has 0 aromatic rings. The second-order valence-electron chi connectivity index (χ2n) is 2.01. The van der Waals surface area contributed by atoms with Crippen molar-refractivity contribution in [2.45, 2.75) is 6.42 Å². The Kier molecular flexibility index (Phi) is 1.41. The SMILES string of the molecule is O=C1CC(C(=O)O)C(=O)N1. The summed E-state index contributed by atoms with van der Waals surface area (Å²) in [5, 5.41) is 10.2. The van der Waals surface area contributed by atoms with Gasteiger partial charge in [-0.25, -0.2) is 0 Å². The van der Waals surface area contributed by atoms with E-state index in [2.05, 4.69) is 0 Å². The van der Waals surface area contributed by atoms with E-state index in [4.69, 9.17) is 5.11 Å². The van der Waals surface area contributed by atoms with Crippen LogP contribution in [0.2, 0.25) is 0 Å². The molecule has 0 aliphatic carbocycles. The summed E-state index contributed by atoms with van der Waals surface area (Å²) in [6, 6.07) is 0. The number of carboxylic acids is 1. The molecule has 2 amide bonds. The molecule has 0 spiro atoms. The highest BCUT2D eigenvalue weighted by atomic mass is 16.4. The summed E-state index contributed by atoms with van der Waals surface area (Å²) < 4.78 is 0. The van der Waals surface area contributed by atoms with Gasteiger partial charge in [0.1, 0.15) is 5.92 Å². The average Bonchev–Trinajstić information content (AvgIpc) is 2.10. The van der Waals surface area contributed by atoms with Gasteiger partial charge < -0.3 is 5.11 Å². The molecule has 0 aromatic carbocycles. The van der Waals surface area contributed by atoms with E-state index in [0.29, 0.717) is 0 Å². The number of rotatable bonds is 1. The van der Waals surface area contributed by atoms with Crippen molar-refractivity contribution < 1.29 is 19.5 Å². The van der Waals surface area contributed by atoms with E-state index in [0.717, 1.165) is 0 Å². The molecule has 10 heavy (non-hydrogen) atoms. The third-order valence-electron chi connectivity index (χ3n) is 1.27. The van der Waals surface area contributed by atoms with E-state index in [1.807, 2.05) is 5.32 Å². The summed E-state index contributed by atoms with van der Waals surface area (Å²) in [5.41, 5.74) is 0. The molecule has 0 saturated carbocycles. The van der Waals surface area contributed by atoms with Crippen LogP contribution in [0.15, 0.2) is 0 Å². The maximum absolute atomic E-state index is 10.5. The van der Waals surface area contributed by atoms with E-state index in [1.165, 1.54) is 0 Å². The fourth-order valence-corrected chi connectivity index (χ4v) is 0.753. The van der Waals surface area contributed by atoms with Crippen LogP contribution in [-0.2, 0) is 14.4 Å². The second kappa shape index (κ2) is 2.09. The highest BCUT2D eigenvalue weighted by molar-refractivity contribution is 6.12. The first-order valence-corrected chi connectivity index (χ1v) is 2.68. The molecular formula is C5H5NO4. The monoisotopic (exact) mass is 143 g/mol. The van der Waals surface area contributed by atoms with Crippen LogP contribution in [0.4, 0.5) is 0 Å². The molecule has 1 unspecified atom stereocenters. The van der Waals surface area contributed by atoms with E-state index in [1.54, 1.807) is 0 Å². The Bertz CT molecular complexity index is 210. The Hall–Kier alpha value is -1.39. The molecule has 1 aliphatic heterocycles. The lowest BCUT2D eigenvalue weighted by Crippen LogP contribution is -2.25. The topological polar surface area (TPSA) is 83.5 Å². The van der Waals surface area contributed by atoms with Crippen molar-refractivity contribution in [1.29, 1.82) is 0 Å². The molecule has 0 aromatic heterocycles. The van der Waals surface area contributed by atoms with Gasteiger partial charge in [0.25, 0.3) is 0 Å². The summed E-state index contributed by atoms with van der Waals surface area (Å²) >= 11 is 0. The van der Waals surface area contributed by atoms with Gasteiger partial charge >= 0.3 is 5.97 Å². The number of aliphatic carboxylic acids is 1. The number of hydrogen-bond donors (Lipinski definition) is 2. The Labute approximate surface area is 56.0 Å². The van der Waals surface area contributed by atoms with Crippen LogP contribution in [0.5, 0.6) is 0 Å². The Morgan fingerprint density at radius 3 is 2.40 bits per heavy atom. The molecule has 2 N–H and O–H groups in total. The summed E-state index contributed by atoms with van der Waals surface area (Å²) in [7, 11) is 0. The smallest absolute Gasteiger partial charge is 0.316 e. The first-order valence-electron chi connectivity index (χ1n) is 2.68. The molecule has 5 nitrogen and oxygen atoms in total. The minimum absolute atomic E-state index is 0.228. The van der Waals surface area contributed by atoms with Crippen molar-refractivity contribution in [3.63, 3.8) is 0 Å². The summed E-state index contributed by atoms with van der Waals surface area (Å²) in [5.74, 6) is -3.65. The highest BCUT2D eigenvalue weighted by Crippen LogP contribution is 2.09. The first-order chi connectivity index (χ1) is 4.61. The Balaban J connectivity index is 2.72. The van der Waals surface area contributed by atoms with Crippen molar-refractivity contribution in [3.05, 3.63) is 0 Å².